The summed E-state index contributed by atoms with van der Waals surface area (Å²) in [6.45, 7) is 1.59. The zero-order valence-electron chi connectivity index (χ0n) is 26.4. The molecule has 4 atom stereocenters. The number of aromatic nitrogens is 1. The minimum atomic E-state index is -0.867. The third kappa shape index (κ3) is 4.28. The summed E-state index contributed by atoms with van der Waals surface area (Å²) >= 11 is 0. The average Bonchev–Trinajstić information content (AvgIpc) is 3.64. The molecule has 10 nitrogen and oxygen atoms in total. The highest BCUT2D eigenvalue weighted by atomic mass is 16.5. The van der Waals surface area contributed by atoms with Crippen LogP contribution in [0.25, 0.3) is 22.6 Å². The van der Waals surface area contributed by atoms with Crippen LogP contribution in [0.2, 0.25) is 0 Å². The first-order chi connectivity index (χ1) is 23.2. The number of ketones is 2. The van der Waals surface area contributed by atoms with Gasteiger partial charge in [-0.2, -0.15) is 0 Å². The van der Waals surface area contributed by atoms with Crippen molar-refractivity contribution in [3.05, 3.63) is 101 Å². The number of aromatic hydroxyl groups is 1. The summed E-state index contributed by atoms with van der Waals surface area (Å²) in [5, 5.41) is 11.3. The van der Waals surface area contributed by atoms with Crippen LogP contribution in [0.3, 0.4) is 0 Å². The van der Waals surface area contributed by atoms with E-state index in [0.717, 1.165) is 5.52 Å². The van der Waals surface area contributed by atoms with Gasteiger partial charge in [0.05, 0.1) is 31.7 Å². The van der Waals surface area contributed by atoms with Crippen LogP contribution in [-0.2, 0) is 19.2 Å². The van der Waals surface area contributed by atoms with Gasteiger partial charge in [-0.25, -0.2) is 4.98 Å². The van der Waals surface area contributed by atoms with Crippen LogP contribution in [0.15, 0.2) is 99.5 Å². The molecule has 1 aliphatic heterocycles. The highest BCUT2D eigenvalue weighted by molar-refractivity contribution is 6.25. The van der Waals surface area contributed by atoms with Crippen molar-refractivity contribution in [3.63, 3.8) is 0 Å². The number of carbonyl (C=O) groups is 4. The number of hydrogen-bond acceptors (Lipinski definition) is 9. The van der Waals surface area contributed by atoms with Gasteiger partial charge in [-0.05, 0) is 68.2 Å². The fourth-order valence-corrected chi connectivity index (χ4v) is 7.86. The van der Waals surface area contributed by atoms with Crippen LogP contribution < -0.4 is 14.4 Å². The Labute approximate surface area is 275 Å². The molecule has 3 aliphatic carbocycles. The molecule has 2 amide bonds. The minimum Gasteiger partial charge on any atom is -0.507 e. The SMILES string of the molecule is COc1cc(O)c(C2C3=CCC4C(=O)N(c5ccc(-c6nc7ccccc7o6)cc5)C(=O)C4C3CC3=C2C(=O)C(C)=CC3=O)c(OC)c1. The Morgan fingerprint density at radius 1 is 0.938 bits per heavy atom. The van der Waals surface area contributed by atoms with Gasteiger partial charge in [0.1, 0.15) is 22.8 Å². The van der Waals surface area contributed by atoms with Crippen LogP contribution >= 0.6 is 0 Å². The molecule has 4 aliphatic rings. The number of amides is 2. The Morgan fingerprint density at radius 2 is 1.71 bits per heavy atom. The van der Waals surface area contributed by atoms with Gasteiger partial charge in [-0.3, -0.25) is 24.1 Å². The number of rotatable bonds is 5. The molecule has 4 unspecified atom stereocenters. The van der Waals surface area contributed by atoms with Gasteiger partial charge in [0.25, 0.3) is 0 Å². The predicted octanol–water partition coefficient (Wildman–Crippen LogP) is 5.85. The van der Waals surface area contributed by atoms with Crippen molar-refractivity contribution in [1.29, 1.82) is 0 Å². The van der Waals surface area contributed by atoms with Gasteiger partial charge in [-0.15, -0.1) is 0 Å². The van der Waals surface area contributed by atoms with Gasteiger partial charge in [0.15, 0.2) is 17.1 Å². The monoisotopic (exact) mass is 642 g/mol. The lowest BCUT2D eigenvalue weighted by Crippen LogP contribution is -2.40. The second kappa shape index (κ2) is 10.9. The number of phenols is 1. The molecule has 8 rings (SSSR count). The van der Waals surface area contributed by atoms with Crippen molar-refractivity contribution in [2.75, 3.05) is 19.1 Å². The number of methoxy groups -OCH3 is 2. The largest absolute Gasteiger partial charge is 0.507 e. The molecule has 4 aromatic rings. The third-order valence-corrected chi connectivity index (χ3v) is 10.1. The molecule has 3 aromatic carbocycles. The van der Waals surface area contributed by atoms with Gasteiger partial charge >= 0.3 is 0 Å². The van der Waals surface area contributed by atoms with E-state index in [0.29, 0.717) is 45.2 Å². The molecule has 1 saturated heterocycles. The fourth-order valence-electron chi connectivity index (χ4n) is 7.86. The summed E-state index contributed by atoms with van der Waals surface area (Å²) in [5.74, 6) is -3.29. The van der Waals surface area contributed by atoms with Crippen LogP contribution in [-0.4, -0.2) is 47.7 Å². The molecule has 240 valence electrons. The Balaban J connectivity index is 1.19. The highest BCUT2D eigenvalue weighted by Gasteiger charge is 2.57. The average molecular weight is 643 g/mol. The smallest absolute Gasteiger partial charge is 0.238 e. The molecule has 0 saturated carbocycles. The normalized spacial score (nSPS) is 23.5. The number of oxazole rings is 1. The third-order valence-electron chi connectivity index (χ3n) is 10.1. The quantitative estimate of drug-likeness (QED) is 0.161. The first-order valence-corrected chi connectivity index (χ1v) is 15.7. The Bertz CT molecular complexity index is 2150. The van der Waals surface area contributed by atoms with Gasteiger partial charge in [0.2, 0.25) is 17.7 Å². The molecule has 1 fully saturated rings. The predicted molar refractivity (Wildman–Crippen MR) is 174 cm³/mol. The summed E-state index contributed by atoms with van der Waals surface area (Å²) in [6, 6.07) is 17.4. The Morgan fingerprint density at radius 3 is 2.44 bits per heavy atom. The number of benzene rings is 3. The van der Waals surface area contributed by atoms with Crippen molar-refractivity contribution in [2.45, 2.75) is 25.7 Å². The first-order valence-electron chi connectivity index (χ1n) is 15.7. The lowest BCUT2D eigenvalue weighted by atomic mass is 9.59. The zero-order chi connectivity index (χ0) is 33.4. The number of anilines is 1. The summed E-state index contributed by atoms with van der Waals surface area (Å²) in [4.78, 5) is 61.3. The number of imide groups is 1. The lowest BCUT2D eigenvalue weighted by Gasteiger charge is -2.42. The standard InChI is InChI=1S/C38H30N2O8/c1-18-14-27(41)25-17-24-22(32(33(25)35(18)43)34-28(42)15-21(46-2)16-30(34)47-3)12-13-23-31(24)38(45)40(37(23)44)20-10-8-19(9-11-20)36-39-26-6-4-5-7-29(26)48-36/h4-12,14-16,23-24,31-32,42H,13,17H2,1-3H3. The maximum absolute atomic E-state index is 14.3. The maximum atomic E-state index is 14.3. The van der Waals surface area contributed by atoms with E-state index in [1.807, 2.05) is 30.3 Å². The molecular weight excluding hydrogens is 612 g/mol. The maximum Gasteiger partial charge on any atom is 0.238 e. The molecule has 1 N–H and O–H groups in total. The van der Waals surface area contributed by atoms with Gasteiger partial charge < -0.3 is 19.0 Å². The van der Waals surface area contributed by atoms with Gasteiger partial charge in [-0.1, -0.05) is 23.8 Å². The minimum absolute atomic E-state index is 0.121. The number of fused-ring (bicyclic) bond motifs is 4. The van der Waals surface area contributed by atoms with E-state index in [9.17, 15) is 24.3 Å². The van der Waals surface area contributed by atoms with Crippen molar-refractivity contribution in [3.8, 4) is 28.7 Å². The van der Waals surface area contributed by atoms with Crippen LogP contribution in [0, 0.1) is 17.8 Å². The molecule has 10 heteroatoms. The number of carbonyl (C=O) groups excluding carboxylic acids is 4. The lowest BCUT2D eigenvalue weighted by molar-refractivity contribution is -0.123. The van der Waals surface area contributed by atoms with Crippen LogP contribution in [0.5, 0.6) is 17.2 Å². The number of para-hydroxylation sites is 2. The van der Waals surface area contributed by atoms with Crippen molar-refractivity contribution in [1.82, 2.24) is 4.98 Å². The Kier molecular flexibility index (Phi) is 6.73. The van der Waals surface area contributed by atoms with Crippen molar-refractivity contribution < 1.29 is 38.2 Å². The fraction of sp³-hybridized carbons (Fsp3) is 0.237. The summed E-state index contributed by atoms with van der Waals surface area (Å²) in [5.41, 5.74) is 4.36. The summed E-state index contributed by atoms with van der Waals surface area (Å²) < 4.78 is 16.9. The summed E-state index contributed by atoms with van der Waals surface area (Å²) in [7, 11) is 2.91. The molecular formula is C38H30N2O8. The van der Waals surface area contributed by atoms with Crippen LogP contribution in [0.1, 0.15) is 31.2 Å². The topological polar surface area (TPSA) is 136 Å². The number of nitrogens with zero attached hydrogens (tertiary/aromatic N) is 2. The molecule has 48 heavy (non-hydrogen) atoms. The summed E-state index contributed by atoms with van der Waals surface area (Å²) in [6.07, 6.45) is 3.61. The number of hydrogen-bond donors (Lipinski definition) is 1. The second-order valence-electron chi connectivity index (χ2n) is 12.5. The van der Waals surface area contributed by atoms with Crippen LogP contribution in [0.4, 0.5) is 5.69 Å². The first kappa shape index (κ1) is 29.6. The van der Waals surface area contributed by atoms with E-state index in [1.165, 1.54) is 31.3 Å². The number of Topliss-reactive ketones (excluding diaryl/α,β-unsaturated/α-hetero) is 1. The molecule has 0 radical (unpaired) electrons. The van der Waals surface area contributed by atoms with E-state index in [-0.39, 0.29) is 58.9 Å². The number of ether oxygens (including phenoxy) is 2. The molecule has 0 spiro atoms. The van der Waals surface area contributed by atoms with E-state index in [2.05, 4.69) is 4.98 Å². The van der Waals surface area contributed by atoms with Crippen molar-refractivity contribution >= 4 is 40.2 Å². The zero-order valence-corrected chi connectivity index (χ0v) is 26.4. The van der Waals surface area contributed by atoms with Gasteiger partial charge in [0, 0.05) is 45.9 Å². The molecule has 0 bridgehead atoms. The molecule has 2 heterocycles. The second-order valence-corrected chi connectivity index (χ2v) is 12.5. The number of allylic oxidation sites excluding steroid dienone is 6. The number of phenolic OH excluding ortho intramolecular Hbond substituents is 1. The van der Waals surface area contributed by atoms with E-state index in [1.54, 1.807) is 37.3 Å². The van der Waals surface area contributed by atoms with E-state index >= 15 is 0 Å². The highest BCUT2D eigenvalue weighted by Crippen LogP contribution is 2.58. The Hall–Kier alpha value is -5.77. The van der Waals surface area contributed by atoms with Crippen molar-refractivity contribution in [2.24, 2.45) is 17.8 Å². The van der Waals surface area contributed by atoms with E-state index < -0.39 is 23.7 Å². The molecule has 1 aromatic heterocycles. The van der Waals surface area contributed by atoms with E-state index in [4.69, 9.17) is 13.9 Å².